The van der Waals surface area contributed by atoms with Crippen molar-refractivity contribution in [3.8, 4) is 0 Å². The van der Waals surface area contributed by atoms with Crippen molar-refractivity contribution < 1.29 is 14.7 Å². The third kappa shape index (κ3) is 6.63. The number of amides is 1. The standard InChI is InChI=1S/C16H22ClNO3/c1-11(2)16(12-7-9-13(17)10-8-12)18-14(19)5-3-4-6-15(20)21/h7-11,16H,3-6H2,1-2H3,(H,18,19)(H,20,21). The number of unbranched alkanes of at least 4 members (excludes halogenated alkanes) is 1. The van der Waals surface area contributed by atoms with Crippen LogP contribution in [0.3, 0.4) is 0 Å². The number of carboxylic acids is 1. The van der Waals surface area contributed by atoms with Crippen LogP contribution in [0.25, 0.3) is 0 Å². The van der Waals surface area contributed by atoms with Crippen molar-refractivity contribution in [1.29, 1.82) is 0 Å². The highest BCUT2D eigenvalue weighted by Crippen LogP contribution is 2.23. The van der Waals surface area contributed by atoms with E-state index in [9.17, 15) is 9.59 Å². The fraction of sp³-hybridized carbons (Fsp3) is 0.500. The maximum absolute atomic E-state index is 12.0. The highest BCUT2D eigenvalue weighted by atomic mass is 35.5. The van der Waals surface area contributed by atoms with E-state index in [1.807, 2.05) is 38.1 Å². The summed E-state index contributed by atoms with van der Waals surface area (Å²) in [6.45, 7) is 4.09. The average molecular weight is 312 g/mol. The van der Waals surface area contributed by atoms with Crippen LogP contribution in [0.15, 0.2) is 24.3 Å². The Kier molecular flexibility index (Phi) is 7.23. The molecular formula is C16H22ClNO3. The summed E-state index contributed by atoms with van der Waals surface area (Å²) in [5.41, 5.74) is 1.02. The van der Waals surface area contributed by atoms with Crippen LogP contribution in [-0.2, 0) is 9.59 Å². The molecule has 0 fully saturated rings. The van der Waals surface area contributed by atoms with Gasteiger partial charge in [0.2, 0.25) is 5.91 Å². The molecule has 0 heterocycles. The minimum atomic E-state index is -0.823. The van der Waals surface area contributed by atoms with E-state index in [-0.39, 0.29) is 24.3 Å². The van der Waals surface area contributed by atoms with Gasteiger partial charge >= 0.3 is 5.97 Å². The van der Waals surface area contributed by atoms with Crippen LogP contribution >= 0.6 is 11.6 Å². The van der Waals surface area contributed by atoms with Gasteiger partial charge in [0.05, 0.1) is 6.04 Å². The Morgan fingerprint density at radius 2 is 1.71 bits per heavy atom. The van der Waals surface area contributed by atoms with E-state index in [4.69, 9.17) is 16.7 Å². The van der Waals surface area contributed by atoms with Crippen LogP contribution in [0.4, 0.5) is 0 Å². The molecule has 0 spiro atoms. The van der Waals surface area contributed by atoms with Crippen LogP contribution in [0.5, 0.6) is 0 Å². The number of carbonyl (C=O) groups excluding carboxylic acids is 1. The van der Waals surface area contributed by atoms with Gasteiger partial charge in [-0.15, -0.1) is 0 Å². The molecule has 1 unspecified atom stereocenters. The fourth-order valence-electron chi connectivity index (χ4n) is 2.11. The molecule has 1 rings (SSSR count). The summed E-state index contributed by atoms with van der Waals surface area (Å²) >= 11 is 5.88. The summed E-state index contributed by atoms with van der Waals surface area (Å²) in [6.07, 6.45) is 1.57. The second-order valence-electron chi connectivity index (χ2n) is 5.44. The number of nitrogens with one attached hydrogen (secondary N) is 1. The van der Waals surface area contributed by atoms with E-state index in [0.29, 0.717) is 24.3 Å². The number of carbonyl (C=O) groups is 2. The summed E-state index contributed by atoms with van der Waals surface area (Å²) in [7, 11) is 0. The monoisotopic (exact) mass is 311 g/mol. The molecule has 21 heavy (non-hydrogen) atoms. The van der Waals surface area contributed by atoms with Crippen LogP contribution in [0.2, 0.25) is 5.02 Å². The predicted octanol–water partition coefficient (Wildman–Crippen LogP) is 3.80. The molecule has 0 radical (unpaired) electrons. The zero-order valence-electron chi connectivity index (χ0n) is 12.4. The first kappa shape index (κ1) is 17.5. The molecule has 0 aromatic heterocycles. The molecule has 0 saturated carbocycles. The van der Waals surface area contributed by atoms with Crippen molar-refractivity contribution >= 4 is 23.5 Å². The van der Waals surface area contributed by atoms with E-state index >= 15 is 0 Å². The van der Waals surface area contributed by atoms with Crippen LogP contribution in [0.1, 0.15) is 51.1 Å². The molecule has 5 heteroatoms. The zero-order chi connectivity index (χ0) is 15.8. The van der Waals surface area contributed by atoms with Crippen LogP contribution in [-0.4, -0.2) is 17.0 Å². The Balaban J connectivity index is 2.52. The van der Waals surface area contributed by atoms with Gasteiger partial charge in [-0.05, 0) is 36.5 Å². The predicted molar refractivity (Wildman–Crippen MR) is 83.3 cm³/mol. The SMILES string of the molecule is CC(C)C(NC(=O)CCCCC(=O)O)c1ccc(Cl)cc1. The third-order valence-electron chi connectivity index (χ3n) is 3.26. The Morgan fingerprint density at radius 3 is 2.24 bits per heavy atom. The number of aliphatic carboxylic acids is 1. The van der Waals surface area contributed by atoms with Gasteiger partial charge in [-0.1, -0.05) is 37.6 Å². The van der Waals surface area contributed by atoms with E-state index in [1.165, 1.54) is 0 Å². The number of benzene rings is 1. The topological polar surface area (TPSA) is 66.4 Å². The zero-order valence-corrected chi connectivity index (χ0v) is 13.2. The lowest BCUT2D eigenvalue weighted by molar-refractivity contribution is -0.137. The largest absolute Gasteiger partial charge is 0.481 e. The van der Waals surface area contributed by atoms with Crippen molar-refractivity contribution in [2.75, 3.05) is 0 Å². The van der Waals surface area contributed by atoms with Crippen LogP contribution in [0, 0.1) is 5.92 Å². The molecule has 0 aliphatic heterocycles. The van der Waals surface area contributed by atoms with Gasteiger partial charge in [0, 0.05) is 17.9 Å². The summed E-state index contributed by atoms with van der Waals surface area (Å²) in [6, 6.07) is 7.39. The second kappa shape index (κ2) is 8.67. The van der Waals surface area contributed by atoms with Gasteiger partial charge in [0.25, 0.3) is 0 Å². The molecule has 0 aliphatic carbocycles. The van der Waals surface area contributed by atoms with Gasteiger partial charge < -0.3 is 10.4 Å². The number of halogens is 1. The fourth-order valence-corrected chi connectivity index (χ4v) is 2.24. The van der Waals surface area contributed by atoms with E-state index < -0.39 is 5.97 Å². The lowest BCUT2D eigenvalue weighted by Gasteiger charge is -2.23. The van der Waals surface area contributed by atoms with Crippen molar-refractivity contribution in [3.05, 3.63) is 34.9 Å². The first-order valence-corrected chi connectivity index (χ1v) is 7.54. The maximum atomic E-state index is 12.0. The van der Waals surface area contributed by atoms with Gasteiger partial charge in [-0.2, -0.15) is 0 Å². The molecule has 4 nitrogen and oxygen atoms in total. The lowest BCUT2D eigenvalue weighted by Crippen LogP contribution is -2.31. The molecular weight excluding hydrogens is 290 g/mol. The van der Waals surface area contributed by atoms with Crippen molar-refractivity contribution in [2.45, 2.75) is 45.6 Å². The third-order valence-corrected chi connectivity index (χ3v) is 3.51. The molecule has 2 N–H and O–H groups in total. The Morgan fingerprint density at radius 1 is 1.14 bits per heavy atom. The summed E-state index contributed by atoms with van der Waals surface area (Å²) in [5, 5.41) is 12.2. The summed E-state index contributed by atoms with van der Waals surface area (Å²) in [5.74, 6) is -0.611. The molecule has 1 aromatic carbocycles. The summed E-state index contributed by atoms with van der Waals surface area (Å²) < 4.78 is 0. The molecule has 0 aliphatic rings. The van der Waals surface area contributed by atoms with Gasteiger partial charge in [-0.25, -0.2) is 0 Å². The van der Waals surface area contributed by atoms with E-state index in [1.54, 1.807) is 0 Å². The normalized spacial score (nSPS) is 12.2. The van der Waals surface area contributed by atoms with Gasteiger partial charge in [-0.3, -0.25) is 9.59 Å². The van der Waals surface area contributed by atoms with Crippen molar-refractivity contribution in [2.24, 2.45) is 5.92 Å². The quantitative estimate of drug-likeness (QED) is 0.718. The number of carboxylic acid groups (broad SMARTS) is 1. The Bertz CT molecular complexity index is 471. The molecule has 1 atom stereocenters. The summed E-state index contributed by atoms with van der Waals surface area (Å²) in [4.78, 5) is 22.4. The highest BCUT2D eigenvalue weighted by Gasteiger charge is 2.18. The first-order chi connectivity index (χ1) is 9.90. The molecule has 1 aromatic rings. The second-order valence-corrected chi connectivity index (χ2v) is 5.88. The number of rotatable bonds is 8. The van der Waals surface area contributed by atoms with Crippen LogP contribution < -0.4 is 5.32 Å². The Labute approximate surface area is 130 Å². The highest BCUT2D eigenvalue weighted by molar-refractivity contribution is 6.30. The van der Waals surface area contributed by atoms with Crippen molar-refractivity contribution in [1.82, 2.24) is 5.32 Å². The van der Waals surface area contributed by atoms with Gasteiger partial charge in [0.15, 0.2) is 0 Å². The average Bonchev–Trinajstić information content (AvgIpc) is 2.41. The number of hydrogen-bond acceptors (Lipinski definition) is 2. The van der Waals surface area contributed by atoms with E-state index in [0.717, 1.165) is 5.56 Å². The minimum absolute atomic E-state index is 0.0472. The first-order valence-electron chi connectivity index (χ1n) is 7.16. The minimum Gasteiger partial charge on any atom is -0.481 e. The molecule has 1 amide bonds. The molecule has 0 bridgehead atoms. The van der Waals surface area contributed by atoms with Gasteiger partial charge in [0.1, 0.15) is 0 Å². The van der Waals surface area contributed by atoms with E-state index in [2.05, 4.69) is 5.32 Å². The Hall–Kier alpha value is -1.55. The smallest absolute Gasteiger partial charge is 0.303 e. The number of hydrogen-bond donors (Lipinski definition) is 2. The lowest BCUT2D eigenvalue weighted by atomic mass is 9.96. The molecule has 0 saturated heterocycles. The molecule has 116 valence electrons. The maximum Gasteiger partial charge on any atom is 0.303 e. The van der Waals surface area contributed by atoms with Crippen molar-refractivity contribution in [3.63, 3.8) is 0 Å².